The molecule has 1 aliphatic carbocycles. The van der Waals surface area contributed by atoms with E-state index >= 15 is 0 Å². The summed E-state index contributed by atoms with van der Waals surface area (Å²) in [4.78, 5) is 17.6. The van der Waals surface area contributed by atoms with E-state index < -0.39 is 0 Å². The topological polar surface area (TPSA) is 64.7 Å². The third-order valence-electron chi connectivity index (χ3n) is 6.22. The summed E-state index contributed by atoms with van der Waals surface area (Å²) in [6.07, 6.45) is 12.7. The van der Waals surface area contributed by atoms with Crippen LogP contribution in [-0.2, 0) is 13.6 Å². The zero-order valence-electron chi connectivity index (χ0n) is 18.1. The lowest BCUT2D eigenvalue weighted by Crippen LogP contribution is -2.36. The Bertz CT molecular complexity index is 1250. The molecule has 7 heteroatoms. The van der Waals surface area contributed by atoms with E-state index in [4.69, 9.17) is 0 Å². The molecular formula is C25H26FN5O. The summed E-state index contributed by atoms with van der Waals surface area (Å²) in [7, 11) is 1.87. The molecule has 1 amide bonds. The second-order valence-electron chi connectivity index (χ2n) is 8.57. The number of fused-ring (bicyclic) bond motifs is 1. The van der Waals surface area contributed by atoms with E-state index in [1.165, 1.54) is 12.5 Å². The van der Waals surface area contributed by atoms with E-state index in [9.17, 15) is 9.18 Å². The van der Waals surface area contributed by atoms with Gasteiger partial charge in [0.05, 0.1) is 23.0 Å². The zero-order chi connectivity index (χ0) is 22.1. The smallest absolute Gasteiger partial charge is 0.253 e. The Kier molecular flexibility index (Phi) is 5.47. The first-order valence-electron chi connectivity index (χ1n) is 11.1. The molecule has 1 fully saturated rings. The van der Waals surface area contributed by atoms with Crippen LogP contribution in [0.1, 0.15) is 48.0 Å². The first kappa shape index (κ1) is 20.4. The number of halogens is 1. The van der Waals surface area contributed by atoms with Gasteiger partial charge in [-0.15, -0.1) is 0 Å². The van der Waals surface area contributed by atoms with E-state index in [0.29, 0.717) is 23.0 Å². The number of hydrogen-bond acceptors (Lipinski definition) is 3. The maximum Gasteiger partial charge on any atom is 0.253 e. The fourth-order valence-corrected chi connectivity index (χ4v) is 4.56. The van der Waals surface area contributed by atoms with Crippen LogP contribution in [0.5, 0.6) is 0 Å². The van der Waals surface area contributed by atoms with E-state index in [-0.39, 0.29) is 17.8 Å². The molecule has 4 aromatic rings. The summed E-state index contributed by atoms with van der Waals surface area (Å²) in [5.74, 6) is -0.573. The van der Waals surface area contributed by atoms with Gasteiger partial charge < -0.3 is 9.88 Å². The van der Waals surface area contributed by atoms with Gasteiger partial charge in [0.15, 0.2) is 0 Å². The highest BCUT2D eigenvalue weighted by Crippen LogP contribution is 2.27. The Balaban J connectivity index is 1.43. The van der Waals surface area contributed by atoms with Crippen molar-refractivity contribution in [1.29, 1.82) is 0 Å². The first-order chi connectivity index (χ1) is 15.6. The molecule has 0 spiro atoms. The molecule has 1 aliphatic rings. The quantitative estimate of drug-likeness (QED) is 0.499. The van der Waals surface area contributed by atoms with Crippen LogP contribution in [-0.4, -0.2) is 31.3 Å². The Morgan fingerprint density at radius 2 is 1.97 bits per heavy atom. The molecule has 6 nitrogen and oxygen atoms in total. The Morgan fingerprint density at radius 3 is 2.69 bits per heavy atom. The van der Waals surface area contributed by atoms with Crippen LogP contribution in [0.3, 0.4) is 0 Å². The molecule has 0 radical (unpaired) electrons. The summed E-state index contributed by atoms with van der Waals surface area (Å²) in [5.41, 5.74) is 3.86. The molecule has 0 unspecified atom stereocenters. The van der Waals surface area contributed by atoms with Crippen molar-refractivity contribution in [2.45, 2.75) is 44.7 Å². The second kappa shape index (κ2) is 8.57. The van der Waals surface area contributed by atoms with Gasteiger partial charge in [-0.2, -0.15) is 5.10 Å². The summed E-state index contributed by atoms with van der Waals surface area (Å²) in [5, 5.41) is 7.68. The standard InChI is InChI=1S/C25H26FN5O/c1-30-15-18(13-28-30)22-11-10-17(12-27-22)14-31-16-20(24-21(26)8-5-9-23(24)31)25(32)29-19-6-3-2-4-7-19/h5,8-13,15-16,19H,2-4,6-7,14H2,1H3,(H,29,32). The first-order valence-corrected chi connectivity index (χ1v) is 11.1. The number of benzene rings is 1. The lowest BCUT2D eigenvalue weighted by molar-refractivity contribution is 0.0929. The van der Waals surface area contributed by atoms with Crippen molar-refractivity contribution in [3.8, 4) is 11.3 Å². The molecule has 1 saturated carbocycles. The number of pyridine rings is 1. The third-order valence-corrected chi connectivity index (χ3v) is 6.22. The van der Waals surface area contributed by atoms with E-state index in [2.05, 4.69) is 15.4 Å². The van der Waals surface area contributed by atoms with Gasteiger partial charge in [-0.05, 0) is 36.6 Å². The fraction of sp³-hybridized carbons (Fsp3) is 0.320. The second-order valence-corrected chi connectivity index (χ2v) is 8.57. The van der Waals surface area contributed by atoms with Crippen LogP contribution in [0.25, 0.3) is 22.2 Å². The number of rotatable bonds is 5. The molecule has 32 heavy (non-hydrogen) atoms. The molecule has 0 aliphatic heterocycles. The van der Waals surface area contributed by atoms with Crippen molar-refractivity contribution in [1.82, 2.24) is 24.6 Å². The molecule has 1 N–H and O–H groups in total. The van der Waals surface area contributed by atoms with Gasteiger partial charge >= 0.3 is 0 Å². The lowest BCUT2D eigenvalue weighted by Gasteiger charge is -2.22. The summed E-state index contributed by atoms with van der Waals surface area (Å²) in [6.45, 7) is 0.497. The minimum atomic E-state index is -0.375. The Hall–Kier alpha value is -3.48. The number of carbonyl (C=O) groups is 1. The SMILES string of the molecule is Cn1cc(-c2ccc(Cn3cc(C(=O)NC4CCCCC4)c4c(F)cccc43)cn2)cn1. The fourth-order valence-electron chi connectivity index (χ4n) is 4.56. The molecule has 5 rings (SSSR count). The Labute approximate surface area is 186 Å². The predicted molar refractivity (Wildman–Crippen MR) is 122 cm³/mol. The molecule has 0 bridgehead atoms. The molecule has 3 heterocycles. The van der Waals surface area contributed by atoms with Crippen LogP contribution in [0, 0.1) is 5.82 Å². The number of hydrogen-bond donors (Lipinski definition) is 1. The molecule has 0 saturated heterocycles. The minimum absolute atomic E-state index is 0.172. The van der Waals surface area contributed by atoms with Crippen LogP contribution >= 0.6 is 0 Å². The number of nitrogens with zero attached hydrogens (tertiary/aromatic N) is 4. The number of aromatic nitrogens is 4. The number of amides is 1. The van der Waals surface area contributed by atoms with E-state index in [0.717, 1.165) is 42.5 Å². The van der Waals surface area contributed by atoms with Crippen molar-refractivity contribution < 1.29 is 9.18 Å². The summed E-state index contributed by atoms with van der Waals surface area (Å²) in [6, 6.07) is 9.07. The van der Waals surface area contributed by atoms with Crippen LogP contribution in [0.2, 0.25) is 0 Å². The number of aryl methyl sites for hydroxylation is 1. The van der Waals surface area contributed by atoms with Crippen LogP contribution in [0.4, 0.5) is 4.39 Å². The van der Waals surface area contributed by atoms with Crippen molar-refractivity contribution in [3.05, 3.63) is 72.1 Å². The van der Waals surface area contributed by atoms with E-state index in [1.807, 2.05) is 42.2 Å². The van der Waals surface area contributed by atoms with Crippen molar-refractivity contribution in [2.75, 3.05) is 0 Å². The maximum absolute atomic E-state index is 14.8. The van der Waals surface area contributed by atoms with Crippen molar-refractivity contribution >= 4 is 16.8 Å². The van der Waals surface area contributed by atoms with Gasteiger partial charge in [-0.1, -0.05) is 31.4 Å². The number of nitrogens with one attached hydrogen (secondary N) is 1. The third kappa shape index (κ3) is 4.02. The van der Waals surface area contributed by atoms with Crippen LogP contribution in [0.15, 0.2) is 55.1 Å². The average molecular weight is 432 g/mol. The largest absolute Gasteiger partial charge is 0.349 e. The zero-order valence-corrected chi connectivity index (χ0v) is 18.1. The van der Waals surface area contributed by atoms with Crippen LogP contribution < -0.4 is 5.32 Å². The van der Waals surface area contributed by atoms with Gasteiger partial charge in [-0.25, -0.2) is 4.39 Å². The lowest BCUT2D eigenvalue weighted by atomic mass is 9.95. The van der Waals surface area contributed by atoms with Crippen molar-refractivity contribution in [2.24, 2.45) is 7.05 Å². The minimum Gasteiger partial charge on any atom is -0.349 e. The maximum atomic E-state index is 14.8. The predicted octanol–water partition coefficient (Wildman–Crippen LogP) is 4.69. The normalized spacial score (nSPS) is 14.7. The monoisotopic (exact) mass is 431 g/mol. The van der Waals surface area contributed by atoms with Gasteiger partial charge in [0, 0.05) is 49.2 Å². The van der Waals surface area contributed by atoms with Gasteiger partial charge in [0.1, 0.15) is 5.82 Å². The summed E-state index contributed by atoms with van der Waals surface area (Å²) < 4.78 is 18.4. The van der Waals surface area contributed by atoms with E-state index in [1.54, 1.807) is 23.1 Å². The molecule has 164 valence electrons. The highest BCUT2D eigenvalue weighted by molar-refractivity contribution is 6.07. The molecule has 3 aromatic heterocycles. The average Bonchev–Trinajstić information content (AvgIpc) is 3.40. The molecule has 1 aromatic carbocycles. The molecular weight excluding hydrogens is 405 g/mol. The highest BCUT2D eigenvalue weighted by Gasteiger charge is 2.22. The van der Waals surface area contributed by atoms with Gasteiger partial charge in [0.2, 0.25) is 0 Å². The van der Waals surface area contributed by atoms with Gasteiger partial charge in [0.25, 0.3) is 5.91 Å². The summed E-state index contributed by atoms with van der Waals surface area (Å²) >= 11 is 0. The Morgan fingerprint density at radius 1 is 1.12 bits per heavy atom. The number of carbonyl (C=O) groups excluding carboxylic acids is 1. The van der Waals surface area contributed by atoms with Gasteiger partial charge in [-0.3, -0.25) is 14.5 Å². The molecule has 0 atom stereocenters. The highest BCUT2D eigenvalue weighted by atomic mass is 19.1. The van der Waals surface area contributed by atoms with Crippen molar-refractivity contribution in [3.63, 3.8) is 0 Å².